The third-order valence-corrected chi connectivity index (χ3v) is 4.35. The third-order valence-electron chi connectivity index (χ3n) is 4.35. The molecule has 1 amide bonds. The summed E-state index contributed by atoms with van der Waals surface area (Å²) >= 11 is 0. The molecule has 0 atom stereocenters. The van der Waals surface area contributed by atoms with Gasteiger partial charge in [-0.15, -0.1) is 0 Å². The van der Waals surface area contributed by atoms with E-state index in [0.717, 1.165) is 23.0 Å². The lowest BCUT2D eigenvalue weighted by atomic mass is 10.2. The molecule has 0 aliphatic rings. The van der Waals surface area contributed by atoms with Crippen LogP contribution in [0.5, 0.6) is 0 Å². The molecule has 5 heteroatoms. The molecule has 0 aliphatic heterocycles. The molecule has 2 N–H and O–H groups in total. The Morgan fingerprint density at radius 1 is 1.00 bits per heavy atom. The molecule has 0 unspecified atom stereocenters. The number of carbonyl (C=O) groups is 1. The van der Waals surface area contributed by atoms with Crippen LogP contribution in [0.2, 0.25) is 0 Å². The zero-order chi connectivity index (χ0) is 18.5. The van der Waals surface area contributed by atoms with E-state index >= 15 is 0 Å². The van der Waals surface area contributed by atoms with Crippen molar-refractivity contribution in [3.63, 3.8) is 0 Å². The summed E-state index contributed by atoms with van der Waals surface area (Å²) in [5, 5.41) is 5.15. The first kappa shape index (κ1) is 16.7. The van der Waals surface area contributed by atoms with Crippen LogP contribution in [-0.4, -0.2) is 17.1 Å². The number of aromatic nitrogens is 2. The van der Waals surface area contributed by atoms with Gasteiger partial charge in [0.2, 0.25) is 0 Å². The Balaban J connectivity index is 1.39. The second-order valence-electron chi connectivity index (χ2n) is 6.23. The number of para-hydroxylation sites is 1. The van der Waals surface area contributed by atoms with Gasteiger partial charge in [-0.05, 0) is 6.07 Å². The first-order valence-corrected chi connectivity index (χ1v) is 8.72. The van der Waals surface area contributed by atoms with Gasteiger partial charge in [0.1, 0.15) is 0 Å². The zero-order valence-corrected chi connectivity index (χ0v) is 14.7. The lowest BCUT2D eigenvalue weighted by Crippen LogP contribution is -2.33. The largest absolute Gasteiger partial charge is 0.361 e. The molecule has 4 rings (SSSR count). The van der Waals surface area contributed by atoms with Crippen molar-refractivity contribution in [3.8, 4) is 0 Å². The van der Waals surface area contributed by atoms with E-state index in [-0.39, 0.29) is 5.91 Å². The van der Waals surface area contributed by atoms with Crippen molar-refractivity contribution in [2.24, 2.45) is 5.10 Å². The fraction of sp³-hybridized carbons (Fsp3) is 0.0455. The zero-order valence-electron chi connectivity index (χ0n) is 14.7. The highest BCUT2D eigenvalue weighted by Gasteiger charge is 2.08. The Labute approximate surface area is 157 Å². The highest BCUT2D eigenvalue weighted by Crippen LogP contribution is 2.15. The van der Waals surface area contributed by atoms with Crippen molar-refractivity contribution in [1.29, 1.82) is 0 Å². The molecule has 2 aromatic heterocycles. The van der Waals surface area contributed by atoms with E-state index in [4.69, 9.17) is 0 Å². The van der Waals surface area contributed by atoms with E-state index in [9.17, 15) is 4.79 Å². The minimum Gasteiger partial charge on any atom is -0.361 e. The lowest BCUT2D eigenvalue weighted by Gasteiger charge is -2.00. The number of H-pyrrole nitrogens is 1. The van der Waals surface area contributed by atoms with Crippen molar-refractivity contribution in [3.05, 3.63) is 102 Å². The molecule has 0 bridgehead atoms. The number of hydrogen-bond acceptors (Lipinski definition) is 2. The van der Waals surface area contributed by atoms with Gasteiger partial charge in [-0.25, -0.2) is 9.99 Å². The summed E-state index contributed by atoms with van der Waals surface area (Å²) in [6.45, 7) is 0.765. The van der Waals surface area contributed by atoms with E-state index in [1.54, 1.807) is 18.3 Å². The Morgan fingerprint density at radius 2 is 1.74 bits per heavy atom. The minimum absolute atomic E-state index is 0.238. The van der Waals surface area contributed by atoms with E-state index in [0.29, 0.717) is 5.56 Å². The molecule has 4 aromatic rings. The van der Waals surface area contributed by atoms with Gasteiger partial charge >= 0.3 is 0 Å². The smallest absolute Gasteiger partial charge is 0.271 e. The van der Waals surface area contributed by atoms with Crippen LogP contribution in [0.15, 0.2) is 90.4 Å². The molecule has 2 aromatic carbocycles. The molecule has 0 spiro atoms. The number of fused-ring (bicyclic) bond motifs is 1. The van der Waals surface area contributed by atoms with Gasteiger partial charge in [0.05, 0.1) is 11.8 Å². The highest BCUT2D eigenvalue weighted by atomic mass is 16.2. The summed E-state index contributed by atoms with van der Waals surface area (Å²) in [6.07, 6.45) is 7.31. The van der Waals surface area contributed by atoms with Crippen LogP contribution in [0.1, 0.15) is 21.5 Å². The van der Waals surface area contributed by atoms with Crippen LogP contribution in [0.25, 0.3) is 10.9 Å². The van der Waals surface area contributed by atoms with Gasteiger partial charge in [0.25, 0.3) is 5.91 Å². The van der Waals surface area contributed by atoms with Crippen LogP contribution in [0.3, 0.4) is 0 Å². The van der Waals surface area contributed by atoms with Crippen molar-refractivity contribution in [2.75, 3.05) is 0 Å². The van der Waals surface area contributed by atoms with Gasteiger partial charge in [-0.3, -0.25) is 4.79 Å². The molecule has 0 saturated carbocycles. The van der Waals surface area contributed by atoms with Gasteiger partial charge in [-0.1, -0.05) is 48.5 Å². The van der Waals surface area contributed by atoms with E-state index in [2.05, 4.69) is 27.6 Å². The molecule has 0 saturated heterocycles. The maximum Gasteiger partial charge on any atom is 0.271 e. The summed E-state index contributed by atoms with van der Waals surface area (Å²) in [5.41, 5.74) is 6.32. The summed E-state index contributed by atoms with van der Waals surface area (Å²) in [5.74, 6) is -0.238. The molecule has 0 radical (unpaired) electrons. The normalized spacial score (nSPS) is 11.1. The quantitative estimate of drug-likeness (QED) is 0.322. The van der Waals surface area contributed by atoms with Crippen LogP contribution in [-0.2, 0) is 6.54 Å². The summed E-state index contributed by atoms with van der Waals surface area (Å²) in [7, 11) is 0. The summed E-state index contributed by atoms with van der Waals surface area (Å²) < 4.78 is 2.03. The average Bonchev–Trinajstić information content (AvgIpc) is 3.12. The first-order valence-electron chi connectivity index (χ1n) is 8.72. The Morgan fingerprint density at radius 3 is 2.56 bits per heavy atom. The van der Waals surface area contributed by atoms with Crippen LogP contribution < -0.4 is 9.99 Å². The maximum atomic E-state index is 12.3. The van der Waals surface area contributed by atoms with Crippen molar-refractivity contribution in [2.45, 2.75) is 6.54 Å². The predicted octanol–water partition coefficient (Wildman–Crippen LogP) is 3.27. The van der Waals surface area contributed by atoms with Crippen LogP contribution in [0, 0.1) is 0 Å². The topological polar surface area (TPSA) is 61.1 Å². The van der Waals surface area contributed by atoms with Crippen molar-refractivity contribution >= 4 is 23.0 Å². The average molecular weight is 355 g/mol. The monoisotopic (exact) mass is 355 g/mol. The lowest BCUT2D eigenvalue weighted by molar-refractivity contribution is -0.688. The van der Waals surface area contributed by atoms with Gasteiger partial charge in [-0.2, -0.15) is 5.10 Å². The van der Waals surface area contributed by atoms with Gasteiger partial charge < -0.3 is 4.98 Å². The summed E-state index contributed by atoms with van der Waals surface area (Å²) in [4.78, 5) is 15.4. The number of hydrazone groups is 1. The number of benzene rings is 2. The summed E-state index contributed by atoms with van der Waals surface area (Å²) in [6, 6.07) is 21.7. The number of pyridine rings is 1. The van der Waals surface area contributed by atoms with E-state index in [1.165, 1.54) is 5.56 Å². The number of aromatic amines is 1. The fourth-order valence-corrected chi connectivity index (χ4v) is 2.93. The van der Waals surface area contributed by atoms with Crippen LogP contribution in [0.4, 0.5) is 0 Å². The molecule has 0 aliphatic carbocycles. The Kier molecular flexibility index (Phi) is 4.74. The number of nitrogens with one attached hydrogen (secondary N) is 2. The number of nitrogens with zero attached hydrogens (tertiary/aromatic N) is 2. The highest BCUT2D eigenvalue weighted by molar-refractivity contribution is 6.00. The van der Waals surface area contributed by atoms with Gasteiger partial charge in [0, 0.05) is 40.4 Å². The van der Waals surface area contributed by atoms with Crippen LogP contribution >= 0.6 is 0 Å². The molecule has 5 nitrogen and oxygen atoms in total. The second kappa shape index (κ2) is 7.66. The molecule has 0 fully saturated rings. The fourth-order valence-electron chi connectivity index (χ4n) is 2.93. The first-order chi connectivity index (χ1) is 13.3. The minimum atomic E-state index is -0.238. The number of amides is 1. The second-order valence-corrected chi connectivity index (χ2v) is 6.23. The molecular weight excluding hydrogens is 336 g/mol. The molecule has 132 valence electrons. The Hall–Kier alpha value is -3.73. The number of hydrogen-bond donors (Lipinski definition) is 2. The predicted molar refractivity (Wildman–Crippen MR) is 106 cm³/mol. The van der Waals surface area contributed by atoms with E-state index in [1.807, 2.05) is 65.6 Å². The van der Waals surface area contributed by atoms with Crippen molar-refractivity contribution < 1.29 is 9.36 Å². The van der Waals surface area contributed by atoms with E-state index < -0.39 is 0 Å². The van der Waals surface area contributed by atoms with Gasteiger partial charge in [0.15, 0.2) is 18.9 Å². The number of rotatable bonds is 5. The maximum absolute atomic E-state index is 12.3. The molecule has 2 heterocycles. The molecular formula is C22H19N4O+. The standard InChI is InChI=1S/C22H18N4O/c27-22(25-24-15-19-14-23-21-9-5-4-8-20(19)21)18-10-12-26(13-11-18)16-17-6-2-1-3-7-17/h1-15,27H,16H2/p+1. The SMILES string of the molecule is O=C(N/N=C/c1c[nH]c2ccccc12)c1cc[n+](Cc2ccccc2)cc1. The molecule has 27 heavy (non-hydrogen) atoms. The third kappa shape index (κ3) is 3.93. The number of carbonyl (C=O) groups excluding carboxylic acids is 1. The Bertz CT molecular complexity index is 1080. The van der Waals surface area contributed by atoms with Crippen molar-refractivity contribution in [1.82, 2.24) is 10.4 Å².